The SMILES string of the molecule is CC(C)CP(CC(C)C)[C@H](C)[C]1[CH][CH][CH][C]1[C]1[CH][CH][CH][C]1[C@@H](C)P(CC(C)C)CC(C)C.[CH]1[CH][CH][CH][CH]1.[CH]1[CH][CH][CH][CH]1.[Fe].[Fe]. The summed E-state index contributed by atoms with van der Waals surface area (Å²) in [4.78, 5) is 0. The number of hydrogen-bond acceptors (Lipinski definition) is 0. The third-order valence-electron chi connectivity index (χ3n) is 7.49. The van der Waals surface area contributed by atoms with E-state index >= 15 is 0 Å². The third kappa shape index (κ3) is 17.5. The van der Waals surface area contributed by atoms with E-state index in [2.05, 4.69) is 108 Å². The molecule has 0 heterocycles. The molecule has 4 fully saturated rings. The molecule has 4 rings (SSSR count). The van der Waals surface area contributed by atoms with Crippen LogP contribution in [-0.4, -0.2) is 36.0 Å². The van der Waals surface area contributed by atoms with Gasteiger partial charge in [-0.3, -0.25) is 0 Å². The average molecular weight is 715 g/mol. The summed E-state index contributed by atoms with van der Waals surface area (Å²) in [7, 11) is -0.000503. The molecule has 2 atom stereocenters. The molecular weight excluding hydrogens is 654 g/mol. The molecule has 4 heteroatoms. The largest absolute Gasteiger partial charge is 0.103 e. The smallest absolute Gasteiger partial charge is 0 e. The quantitative estimate of drug-likeness (QED) is 0.132. The van der Waals surface area contributed by atoms with Crippen molar-refractivity contribution in [2.24, 2.45) is 23.7 Å². The summed E-state index contributed by atoms with van der Waals surface area (Å²) >= 11 is 0. The van der Waals surface area contributed by atoms with Crippen LogP contribution in [-0.2, 0) is 34.1 Å². The Kier molecular flexibility index (Phi) is 26.9. The van der Waals surface area contributed by atoms with E-state index in [-0.39, 0.29) is 50.0 Å². The van der Waals surface area contributed by atoms with Gasteiger partial charge in [0.15, 0.2) is 0 Å². The maximum Gasteiger partial charge on any atom is 0 e. The molecule has 20 radical (unpaired) electrons. The Morgan fingerprint density at radius 3 is 0.795 bits per heavy atom. The van der Waals surface area contributed by atoms with E-state index in [9.17, 15) is 0 Å². The van der Waals surface area contributed by atoms with Gasteiger partial charge in [0.1, 0.15) is 0 Å². The molecule has 0 aromatic heterocycles. The van der Waals surface area contributed by atoms with Gasteiger partial charge in [-0.15, -0.1) is 15.8 Å². The summed E-state index contributed by atoms with van der Waals surface area (Å²) in [5.74, 6) is 9.39. The van der Waals surface area contributed by atoms with Gasteiger partial charge in [0, 0.05) is 34.1 Å². The predicted molar refractivity (Wildman–Crippen MR) is 193 cm³/mol. The molecule has 44 heavy (non-hydrogen) atoms. The Morgan fingerprint density at radius 1 is 0.364 bits per heavy atom. The van der Waals surface area contributed by atoms with Crippen LogP contribution in [0.1, 0.15) is 69.2 Å². The van der Waals surface area contributed by atoms with Crippen molar-refractivity contribution in [3.63, 3.8) is 0 Å². The van der Waals surface area contributed by atoms with Gasteiger partial charge in [-0.1, -0.05) is 69.2 Å². The van der Waals surface area contributed by atoms with Gasteiger partial charge in [0.05, 0.1) is 0 Å². The van der Waals surface area contributed by atoms with Crippen molar-refractivity contribution in [1.29, 1.82) is 0 Å². The minimum atomic E-state index is -0.000251. The van der Waals surface area contributed by atoms with Gasteiger partial charge in [-0.05, 0) is 186 Å². The Morgan fingerprint density at radius 2 is 0.591 bits per heavy atom. The third-order valence-corrected chi connectivity index (χ3v) is 15.0. The molecule has 0 nitrogen and oxygen atoms in total. The fraction of sp³-hybridized carbons (Fsp3) is 0.500. The van der Waals surface area contributed by atoms with Crippen LogP contribution in [0.5, 0.6) is 0 Å². The summed E-state index contributed by atoms with van der Waals surface area (Å²) in [6.45, 7) is 24.2. The molecule has 0 aromatic rings. The second kappa shape index (κ2) is 25.8. The van der Waals surface area contributed by atoms with Crippen LogP contribution < -0.4 is 0 Å². The monoisotopic (exact) mass is 714 g/mol. The normalized spacial score (nSPS) is 21.5. The topological polar surface area (TPSA) is 0 Å². The van der Waals surface area contributed by atoms with Crippen molar-refractivity contribution < 1.29 is 34.1 Å². The van der Waals surface area contributed by atoms with Crippen molar-refractivity contribution >= 4 is 15.8 Å². The molecule has 0 saturated heterocycles. The molecule has 0 bridgehead atoms. The maximum absolute atomic E-state index is 2.52. The van der Waals surface area contributed by atoms with Gasteiger partial charge >= 0.3 is 0 Å². The van der Waals surface area contributed by atoms with E-state index in [1.54, 1.807) is 11.8 Å². The molecule has 246 valence electrons. The first-order valence-corrected chi connectivity index (χ1v) is 19.9. The van der Waals surface area contributed by atoms with Gasteiger partial charge in [0.25, 0.3) is 0 Å². The van der Waals surface area contributed by atoms with Gasteiger partial charge in [-0.2, -0.15) is 0 Å². The summed E-state index contributed by atoms with van der Waals surface area (Å²) in [5.41, 5.74) is 1.34. The molecule has 0 amide bonds. The van der Waals surface area contributed by atoms with E-state index in [1.165, 1.54) is 36.5 Å². The van der Waals surface area contributed by atoms with Crippen molar-refractivity contribution in [2.45, 2.75) is 80.6 Å². The first kappa shape index (κ1) is 45.9. The van der Waals surface area contributed by atoms with Crippen molar-refractivity contribution in [1.82, 2.24) is 0 Å². The van der Waals surface area contributed by atoms with E-state index in [0.29, 0.717) is 11.3 Å². The number of rotatable bonds is 13. The molecular formula is C40H60Fe2P2. The minimum Gasteiger partial charge on any atom is -0.103 e. The van der Waals surface area contributed by atoms with Crippen molar-refractivity contribution in [3.05, 3.63) is 126 Å². The predicted octanol–water partition coefficient (Wildman–Crippen LogP) is 10.9. The van der Waals surface area contributed by atoms with Crippen molar-refractivity contribution in [2.75, 3.05) is 24.6 Å². The molecule has 4 aliphatic carbocycles. The Hall–Kier alpha value is 1.90. The second-order valence-corrected chi connectivity index (χ2v) is 18.9. The van der Waals surface area contributed by atoms with Gasteiger partial charge < -0.3 is 0 Å². The van der Waals surface area contributed by atoms with E-state index < -0.39 is 0 Å². The Bertz CT molecular complexity index is 567. The van der Waals surface area contributed by atoms with Crippen LogP contribution in [0.15, 0.2) is 0 Å². The fourth-order valence-electron chi connectivity index (χ4n) is 5.78. The molecule has 0 aliphatic heterocycles. The summed E-state index contributed by atoms with van der Waals surface area (Å²) in [6, 6.07) is 0. The van der Waals surface area contributed by atoms with Gasteiger partial charge in [-0.25, -0.2) is 0 Å². The van der Waals surface area contributed by atoms with Crippen LogP contribution in [0, 0.1) is 150 Å². The first-order valence-electron chi connectivity index (χ1n) is 16.3. The van der Waals surface area contributed by atoms with Crippen LogP contribution >= 0.6 is 15.8 Å². The summed E-state index contributed by atoms with van der Waals surface area (Å²) < 4.78 is 0. The average Bonchev–Trinajstić information content (AvgIpc) is 3.74. The Labute approximate surface area is 303 Å². The standard InChI is InChI=1S/C30H50P2.2C5H5.2Fe/c1-21(2)17-31(18-22(3)4)25(9)27-13-11-15-29(27)30-16-12-14-28(30)26(10)32(19-23(5)6)20-24(7)8;2*1-2-4-5-3-1;;/h11-16,21-26H,17-20H2,1-10H3;2*1-5H;;/t25-,26-;;;;/m1..../s1. The summed E-state index contributed by atoms with van der Waals surface area (Å²) in [5, 5.41) is 0. The Balaban J connectivity index is 0.00000129. The molecule has 4 aliphatic rings. The first-order chi connectivity index (χ1) is 20.0. The zero-order valence-electron chi connectivity index (χ0n) is 29.1. The van der Waals surface area contributed by atoms with E-state index in [0.717, 1.165) is 23.7 Å². The van der Waals surface area contributed by atoms with E-state index in [1.807, 2.05) is 64.2 Å². The van der Waals surface area contributed by atoms with Crippen LogP contribution in [0.3, 0.4) is 0 Å². The molecule has 0 N–H and O–H groups in total. The van der Waals surface area contributed by atoms with Crippen LogP contribution in [0.25, 0.3) is 0 Å². The van der Waals surface area contributed by atoms with Crippen LogP contribution in [0.4, 0.5) is 0 Å². The van der Waals surface area contributed by atoms with E-state index in [4.69, 9.17) is 0 Å². The molecule has 0 spiro atoms. The second-order valence-electron chi connectivity index (χ2n) is 13.5. The summed E-state index contributed by atoms with van der Waals surface area (Å²) in [6.07, 6.45) is 39.8. The van der Waals surface area contributed by atoms with Crippen molar-refractivity contribution in [3.8, 4) is 0 Å². The minimum absolute atomic E-state index is 0. The zero-order chi connectivity index (χ0) is 31.1. The fourth-order valence-corrected chi connectivity index (χ4v) is 12.3. The van der Waals surface area contributed by atoms with Crippen LogP contribution in [0.2, 0.25) is 0 Å². The molecule has 0 aromatic carbocycles. The van der Waals surface area contributed by atoms with Gasteiger partial charge in [0.2, 0.25) is 0 Å². The zero-order valence-corrected chi connectivity index (χ0v) is 33.1. The molecule has 0 unspecified atom stereocenters. The molecule has 4 saturated carbocycles. The number of hydrogen-bond donors (Lipinski definition) is 0. The maximum atomic E-state index is 2.52.